The van der Waals surface area contributed by atoms with Crippen LogP contribution in [0.2, 0.25) is 0 Å². The average Bonchev–Trinajstić information content (AvgIpc) is 1.62. The van der Waals surface area contributed by atoms with Crippen LogP contribution < -0.4 is 15.3 Å². The number of para-hydroxylation sites is 6. The molecule has 18 aromatic rings. The van der Waals surface area contributed by atoms with E-state index < -0.39 is 0 Å². The Labute approximate surface area is 701 Å². The molecule has 0 amide bonds. The monoisotopic (exact) mass is 1590 g/mol. The molecule has 16 aromatic carbocycles. The van der Waals surface area contributed by atoms with Crippen LogP contribution in [0.25, 0.3) is 112 Å². The van der Waals surface area contributed by atoms with Crippen molar-refractivity contribution in [1.82, 2.24) is 19.1 Å². The van der Waals surface area contributed by atoms with E-state index >= 15 is 0 Å². The molecule has 10 heteroatoms. The molecule has 0 N–H and O–H groups in total. The second-order valence-electron chi connectivity index (χ2n) is 31.3. The van der Waals surface area contributed by atoms with Crippen LogP contribution in [-0.2, 0) is 9.31 Å². The summed E-state index contributed by atoms with van der Waals surface area (Å²) in [6.07, 6.45) is 0. The number of halogens is 1. The summed E-state index contributed by atoms with van der Waals surface area (Å²) in [5.74, 6) is 1.86. The third kappa shape index (κ3) is 16.7. The van der Waals surface area contributed by atoms with Crippen LogP contribution in [0, 0.1) is 27.7 Å². The first-order chi connectivity index (χ1) is 57.5. The molecule has 1 saturated heterocycles. The second kappa shape index (κ2) is 33.8. The minimum atomic E-state index is -0.364. The van der Waals surface area contributed by atoms with E-state index in [1.807, 2.05) is 24.3 Å². The molecular formula is C108H90BBrN6O2. The SMILES string of the molecule is CC1(C)OB(c2ccc(-c3nc4ccccc4n3-c3ccccc3)cc2)OC1(C)C.Cc1ccc(N(c2ccc(C)cc2)c2ccc(-c3ccc(-c4ccc(-c5ccc(-c6nc7ccccc7n6-c6ccccc6)cc5)cc4)cc3)cc2)cc1.Cc1ccc(N(c2ccc(C)cc2)c2ccc(-c3ccc(-c4ccc(Br)cc4)cc3)cc2)cc1. The summed E-state index contributed by atoms with van der Waals surface area (Å²) in [4.78, 5) is 14.6. The quantitative estimate of drug-likeness (QED) is 0.0899. The zero-order chi connectivity index (χ0) is 80.9. The van der Waals surface area contributed by atoms with Gasteiger partial charge in [-0.05, 0) is 250 Å². The van der Waals surface area contributed by atoms with E-state index in [1.54, 1.807) is 0 Å². The molecule has 0 atom stereocenters. The zero-order valence-corrected chi connectivity index (χ0v) is 69.1. The predicted octanol–water partition coefficient (Wildman–Crippen LogP) is 28.6. The van der Waals surface area contributed by atoms with E-state index in [-0.39, 0.29) is 18.3 Å². The number of anilines is 6. The van der Waals surface area contributed by atoms with Crippen LogP contribution in [0.5, 0.6) is 0 Å². The van der Waals surface area contributed by atoms with Crippen molar-refractivity contribution in [2.75, 3.05) is 9.80 Å². The van der Waals surface area contributed by atoms with Gasteiger partial charge >= 0.3 is 7.12 Å². The third-order valence-electron chi connectivity index (χ3n) is 22.6. The molecule has 0 radical (unpaired) electrons. The van der Waals surface area contributed by atoms with Gasteiger partial charge in [-0.3, -0.25) is 9.13 Å². The van der Waals surface area contributed by atoms with Crippen LogP contribution in [0.15, 0.2) is 405 Å². The molecule has 8 nitrogen and oxygen atoms in total. The van der Waals surface area contributed by atoms with E-state index in [2.05, 4.69) is 466 Å². The zero-order valence-electron chi connectivity index (χ0n) is 67.6. The number of hydrogen-bond donors (Lipinski definition) is 0. The van der Waals surface area contributed by atoms with Crippen LogP contribution in [0.3, 0.4) is 0 Å². The summed E-state index contributed by atoms with van der Waals surface area (Å²) >= 11 is 3.51. The molecule has 118 heavy (non-hydrogen) atoms. The van der Waals surface area contributed by atoms with E-state index in [1.165, 1.54) is 77.9 Å². The Kier molecular flexibility index (Phi) is 22.1. The molecule has 3 heterocycles. The molecule has 574 valence electrons. The molecule has 1 fully saturated rings. The fraction of sp³-hybridized carbons (Fsp3) is 0.0926. The minimum Gasteiger partial charge on any atom is -0.399 e. The molecule has 19 rings (SSSR count). The van der Waals surface area contributed by atoms with Crippen molar-refractivity contribution in [2.24, 2.45) is 0 Å². The van der Waals surface area contributed by atoms with E-state index in [4.69, 9.17) is 19.3 Å². The van der Waals surface area contributed by atoms with Crippen molar-refractivity contribution in [3.8, 4) is 89.8 Å². The highest BCUT2D eigenvalue weighted by atomic mass is 79.9. The number of fused-ring (bicyclic) bond motifs is 2. The van der Waals surface area contributed by atoms with Gasteiger partial charge in [-0.15, -0.1) is 0 Å². The fourth-order valence-corrected chi connectivity index (χ4v) is 15.4. The average molecular weight is 1590 g/mol. The first kappa shape index (κ1) is 77.1. The van der Waals surface area contributed by atoms with E-state index in [9.17, 15) is 0 Å². The highest BCUT2D eigenvalue weighted by molar-refractivity contribution is 9.10. The van der Waals surface area contributed by atoms with Gasteiger partial charge in [-0.1, -0.05) is 305 Å². The van der Waals surface area contributed by atoms with Crippen molar-refractivity contribution >= 4 is 84.7 Å². The normalized spacial score (nSPS) is 12.7. The van der Waals surface area contributed by atoms with Crippen LogP contribution in [0.4, 0.5) is 34.1 Å². The lowest BCUT2D eigenvalue weighted by Crippen LogP contribution is -2.41. The smallest absolute Gasteiger partial charge is 0.399 e. The van der Waals surface area contributed by atoms with Crippen molar-refractivity contribution in [3.63, 3.8) is 0 Å². The van der Waals surface area contributed by atoms with Gasteiger partial charge in [0.05, 0.1) is 33.3 Å². The predicted molar refractivity (Wildman–Crippen MR) is 498 cm³/mol. The van der Waals surface area contributed by atoms with Crippen molar-refractivity contribution < 1.29 is 9.31 Å². The lowest BCUT2D eigenvalue weighted by atomic mass is 9.79. The van der Waals surface area contributed by atoms with Gasteiger partial charge in [0.15, 0.2) is 0 Å². The Morgan fingerprint density at radius 1 is 0.254 bits per heavy atom. The van der Waals surface area contributed by atoms with Gasteiger partial charge in [0.2, 0.25) is 0 Å². The molecule has 0 saturated carbocycles. The Bertz CT molecular complexity index is 6330. The Hall–Kier alpha value is -13.5. The summed E-state index contributed by atoms with van der Waals surface area (Å²) in [6, 6.07) is 142. The highest BCUT2D eigenvalue weighted by Gasteiger charge is 2.51. The molecule has 1 aliphatic rings. The number of benzene rings is 16. The van der Waals surface area contributed by atoms with E-state index in [0.29, 0.717) is 0 Å². The largest absolute Gasteiger partial charge is 0.494 e. The van der Waals surface area contributed by atoms with Gasteiger partial charge < -0.3 is 19.1 Å². The Morgan fingerprint density at radius 3 is 0.754 bits per heavy atom. The first-order valence-corrected chi connectivity index (χ1v) is 41.1. The lowest BCUT2D eigenvalue weighted by Gasteiger charge is -2.32. The van der Waals surface area contributed by atoms with Gasteiger partial charge in [0.25, 0.3) is 0 Å². The summed E-state index contributed by atoms with van der Waals surface area (Å²) in [6.45, 7) is 16.8. The Morgan fingerprint density at radius 2 is 0.475 bits per heavy atom. The molecule has 0 unspecified atom stereocenters. The summed E-state index contributed by atoms with van der Waals surface area (Å²) in [5, 5.41) is 0. The molecular weight excluding hydrogens is 1500 g/mol. The van der Waals surface area contributed by atoms with E-state index in [0.717, 1.165) is 100 Å². The number of hydrogen-bond acceptors (Lipinski definition) is 6. The number of aryl methyl sites for hydroxylation is 4. The Balaban J connectivity index is 0.000000135. The van der Waals surface area contributed by atoms with Crippen molar-refractivity contribution in [3.05, 3.63) is 427 Å². The maximum Gasteiger partial charge on any atom is 0.494 e. The number of imidazole rings is 2. The summed E-state index contributed by atoms with van der Waals surface area (Å²) in [7, 11) is -0.364. The summed E-state index contributed by atoms with van der Waals surface area (Å²) in [5.41, 5.74) is 32.7. The topological polar surface area (TPSA) is 60.6 Å². The molecule has 0 spiro atoms. The number of rotatable bonds is 16. The van der Waals surface area contributed by atoms with Crippen LogP contribution in [-0.4, -0.2) is 37.4 Å². The number of aromatic nitrogens is 4. The van der Waals surface area contributed by atoms with Crippen molar-refractivity contribution in [2.45, 2.75) is 66.6 Å². The molecule has 0 bridgehead atoms. The molecule has 1 aliphatic heterocycles. The first-order valence-electron chi connectivity index (χ1n) is 40.3. The molecule has 2 aromatic heterocycles. The van der Waals surface area contributed by atoms with Crippen molar-refractivity contribution in [1.29, 1.82) is 0 Å². The maximum atomic E-state index is 6.19. The van der Waals surface area contributed by atoms with Gasteiger partial charge in [-0.2, -0.15) is 0 Å². The summed E-state index contributed by atoms with van der Waals surface area (Å²) < 4.78 is 17.9. The maximum absolute atomic E-state index is 6.19. The standard InChI is InChI=1S/C51H39N3.C32H26BrN.C25H25BN2O2/c1-36-12-30-46(31-13-36)53(47-32-14-37(2)15-33-47)48-34-28-43(29-35-48)41-22-20-39(21-23-41)38-16-18-40(19-17-38)42-24-26-44(27-25-42)51-52-49-10-6-7-11-50(49)54(51)45-8-4-3-5-9-45;1-23-3-17-30(18-4-23)34(31-19-5-24(2)6-20-31)32-21-13-28(14-22-32)26-9-7-25(8-10-26)27-11-15-29(33)16-12-27;1-24(2)25(3,4)30-26(29-24)19-16-14-18(15-17-19)23-27-21-12-8-9-13-22(21)28(23)20-10-6-5-7-11-20/h3-35H,1-2H3;3-22H,1-2H3;5-17H,1-4H3. The van der Waals surface area contributed by atoms with Crippen LogP contribution >= 0.6 is 15.9 Å². The molecule has 0 aliphatic carbocycles. The second-order valence-corrected chi connectivity index (χ2v) is 32.2. The fourth-order valence-electron chi connectivity index (χ4n) is 15.2. The van der Waals surface area contributed by atoms with Gasteiger partial charge in [0, 0.05) is 61.1 Å². The van der Waals surface area contributed by atoms with Gasteiger partial charge in [0.1, 0.15) is 11.6 Å². The number of nitrogens with zero attached hydrogens (tertiary/aromatic N) is 6. The minimum absolute atomic E-state index is 0.350. The van der Waals surface area contributed by atoms with Gasteiger partial charge in [-0.25, -0.2) is 9.97 Å². The lowest BCUT2D eigenvalue weighted by molar-refractivity contribution is 0.00578. The third-order valence-corrected chi connectivity index (χ3v) is 23.1. The van der Waals surface area contributed by atoms with Crippen LogP contribution in [0.1, 0.15) is 49.9 Å². The highest BCUT2D eigenvalue weighted by Crippen LogP contribution is 2.42.